The molecule has 29 heavy (non-hydrogen) atoms. The quantitative estimate of drug-likeness (QED) is 0.332. The Bertz CT molecular complexity index is 632. The fraction of sp³-hybridized carbons (Fsp3) is 0.800. The van der Waals surface area contributed by atoms with Crippen LogP contribution in [0, 0.1) is 22.7 Å². The Morgan fingerprint density at radius 3 is 2.76 bits per heavy atom. The Labute approximate surface area is 177 Å². The first-order chi connectivity index (χ1) is 13.7. The van der Waals surface area contributed by atoms with Crippen LogP contribution in [0.5, 0.6) is 0 Å². The van der Waals surface area contributed by atoms with Gasteiger partial charge >= 0.3 is 0 Å². The molecule has 2 aliphatic carbocycles. The van der Waals surface area contributed by atoms with Crippen molar-refractivity contribution in [3.8, 4) is 0 Å². The van der Waals surface area contributed by atoms with Gasteiger partial charge in [-0.25, -0.2) is 10.3 Å². The summed E-state index contributed by atoms with van der Waals surface area (Å²) >= 11 is 0. The van der Waals surface area contributed by atoms with Crippen molar-refractivity contribution < 1.29 is 14.4 Å². The van der Waals surface area contributed by atoms with E-state index in [2.05, 4.69) is 32.8 Å². The van der Waals surface area contributed by atoms with Gasteiger partial charge in [0.15, 0.2) is 6.29 Å². The van der Waals surface area contributed by atoms with E-state index in [9.17, 15) is 4.79 Å². The van der Waals surface area contributed by atoms with Crippen molar-refractivity contribution >= 4 is 5.91 Å². The molecular weight excluding hydrogens is 362 g/mol. The Hall–Kier alpha value is -1.13. The van der Waals surface area contributed by atoms with Crippen LogP contribution in [0.4, 0.5) is 0 Å². The first-order valence-corrected chi connectivity index (χ1v) is 11.6. The molecule has 2 saturated carbocycles. The number of hydrogen-bond acceptors (Lipinski definition) is 3. The van der Waals surface area contributed by atoms with Crippen LogP contribution in [-0.4, -0.2) is 18.8 Å². The molecule has 1 saturated heterocycles. The van der Waals surface area contributed by atoms with Gasteiger partial charge in [-0.2, -0.15) is 0 Å². The Kier molecular flexibility index (Phi) is 7.27. The van der Waals surface area contributed by atoms with Gasteiger partial charge in [0.25, 0.3) is 5.91 Å². The van der Waals surface area contributed by atoms with Gasteiger partial charge in [-0.3, -0.25) is 4.79 Å². The second-order valence-electron chi connectivity index (χ2n) is 10.6. The van der Waals surface area contributed by atoms with Crippen LogP contribution < -0.4 is 5.48 Å². The molecule has 164 valence electrons. The molecule has 1 N–H and O–H groups in total. The molecule has 0 aromatic heterocycles. The van der Waals surface area contributed by atoms with Crippen LogP contribution in [-0.2, 0) is 14.4 Å². The molecule has 1 heterocycles. The van der Waals surface area contributed by atoms with E-state index in [1.807, 2.05) is 6.92 Å². The number of carbonyl (C=O) groups excluding carboxylic acids is 1. The molecule has 1 amide bonds. The van der Waals surface area contributed by atoms with Crippen LogP contribution in [0.25, 0.3) is 0 Å². The van der Waals surface area contributed by atoms with E-state index in [-0.39, 0.29) is 12.2 Å². The van der Waals surface area contributed by atoms with Gasteiger partial charge < -0.3 is 4.74 Å². The Balaban J connectivity index is 1.55. The number of nitrogens with one attached hydrogen (secondary N) is 1. The number of allylic oxidation sites excluding steroid dienone is 2. The van der Waals surface area contributed by atoms with Gasteiger partial charge in [0.1, 0.15) is 0 Å². The standard InChI is InChI=1S/C25H41NO3/c1-18(17-22(27)26-29-23-9-6-7-16-28-23)10-12-20-19(2)11-13-21-24(3,4)14-8-15-25(20,21)5/h17,20-21,23H,2,6-16H2,1,3-5H3,(H,26,27)/b18-17+/t20-,21-,23?,25+/m0/s1. The molecule has 4 atom stereocenters. The molecule has 0 bridgehead atoms. The normalized spacial score (nSPS) is 35.1. The predicted octanol–water partition coefficient (Wildman–Crippen LogP) is 6.09. The lowest BCUT2D eigenvalue weighted by Gasteiger charge is -2.58. The third kappa shape index (κ3) is 5.32. The minimum absolute atomic E-state index is 0.193. The second-order valence-corrected chi connectivity index (χ2v) is 10.6. The number of ether oxygens (including phenoxy) is 1. The van der Waals surface area contributed by atoms with E-state index >= 15 is 0 Å². The molecule has 1 unspecified atom stereocenters. The lowest BCUT2D eigenvalue weighted by Crippen LogP contribution is -2.49. The molecule has 3 rings (SSSR count). The highest BCUT2D eigenvalue weighted by molar-refractivity contribution is 5.87. The van der Waals surface area contributed by atoms with Crippen molar-refractivity contribution in [2.75, 3.05) is 6.61 Å². The van der Waals surface area contributed by atoms with Crippen LogP contribution in [0.15, 0.2) is 23.8 Å². The van der Waals surface area contributed by atoms with Gasteiger partial charge in [-0.1, -0.05) is 44.9 Å². The fourth-order valence-corrected chi connectivity index (χ4v) is 6.43. The van der Waals surface area contributed by atoms with Crippen molar-refractivity contribution in [2.45, 2.75) is 98.2 Å². The van der Waals surface area contributed by atoms with E-state index < -0.39 is 0 Å². The van der Waals surface area contributed by atoms with Gasteiger partial charge in [0, 0.05) is 19.1 Å². The molecular formula is C25H41NO3. The number of hydroxylamine groups is 1. The van der Waals surface area contributed by atoms with Gasteiger partial charge in [0.2, 0.25) is 0 Å². The largest absolute Gasteiger partial charge is 0.350 e. The third-order valence-corrected chi connectivity index (χ3v) is 7.95. The first-order valence-electron chi connectivity index (χ1n) is 11.6. The van der Waals surface area contributed by atoms with E-state index in [4.69, 9.17) is 9.57 Å². The summed E-state index contributed by atoms with van der Waals surface area (Å²) in [6.07, 6.45) is 12.8. The Morgan fingerprint density at radius 2 is 2.03 bits per heavy atom. The fourth-order valence-electron chi connectivity index (χ4n) is 6.43. The van der Waals surface area contributed by atoms with Crippen LogP contribution >= 0.6 is 0 Å². The topological polar surface area (TPSA) is 47.6 Å². The molecule has 0 spiro atoms. The summed E-state index contributed by atoms with van der Waals surface area (Å²) in [7, 11) is 0. The van der Waals surface area contributed by atoms with Crippen molar-refractivity contribution in [3.05, 3.63) is 23.8 Å². The molecule has 4 nitrogen and oxygen atoms in total. The smallest absolute Gasteiger partial charge is 0.267 e. The summed E-state index contributed by atoms with van der Waals surface area (Å²) in [5.41, 5.74) is 5.84. The second kappa shape index (κ2) is 9.34. The van der Waals surface area contributed by atoms with Crippen molar-refractivity contribution in [1.82, 2.24) is 5.48 Å². The zero-order valence-electron chi connectivity index (χ0n) is 19.0. The summed E-state index contributed by atoms with van der Waals surface area (Å²) in [4.78, 5) is 17.6. The van der Waals surface area contributed by atoms with Gasteiger partial charge in [0.05, 0.1) is 0 Å². The highest BCUT2D eigenvalue weighted by Crippen LogP contribution is 2.61. The van der Waals surface area contributed by atoms with Crippen LogP contribution in [0.2, 0.25) is 0 Å². The maximum Gasteiger partial charge on any atom is 0.267 e. The average Bonchev–Trinajstić information content (AvgIpc) is 2.66. The number of hydrogen-bond donors (Lipinski definition) is 1. The molecule has 3 aliphatic rings. The number of rotatable bonds is 6. The predicted molar refractivity (Wildman–Crippen MR) is 117 cm³/mol. The molecule has 1 aliphatic heterocycles. The first kappa shape index (κ1) is 22.6. The molecule has 4 heteroatoms. The van der Waals surface area contributed by atoms with E-state index in [1.165, 1.54) is 31.3 Å². The molecule has 0 aromatic rings. The third-order valence-electron chi connectivity index (χ3n) is 7.95. The van der Waals surface area contributed by atoms with Gasteiger partial charge in [-0.15, -0.1) is 0 Å². The molecule has 3 fully saturated rings. The van der Waals surface area contributed by atoms with E-state index in [1.54, 1.807) is 6.08 Å². The van der Waals surface area contributed by atoms with E-state index in [0.29, 0.717) is 23.4 Å². The average molecular weight is 404 g/mol. The number of amides is 1. The highest BCUT2D eigenvalue weighted by atomic mass is 16.8. The number of fused-ring (bicyclic) bond motifs is 1. The summed E-state index contributed by atoms with van der Waals surface area (Å²) in [6, 6.07) is 0. The highest BCUT2D eigenvalue weighted by Gasteiger charge is 2.52. The van der Waals surface area contributed by atoms with Crippen molar-refractivity contribution in [3.63, 3.8) is 0 Å². The van der Waals surface area contributed by atoms with Crippen molar-refractivity contribution in [2.24, 2.45) is 22.7 Å². The van der Waals surface area contributed by atoms with Crippen LogP contribution in [0.1, 0.15) is 91.9 Å². The monoisotopic (exact) mass is 403 g/mol. The van der Waals surface area contributed by atoms with Crippen LogP contribution in [0.3, 0.4) is 0 Å². The summed E-state index contributed by atoms with van der Waals surface area (Å²) in [5.74, 6) is 1.14. The molecule has 0 aromatic carbocycles. The lowest BCUT2D eigenvalue weighted by molar-refractivity contribution is -0.198. The minimum atomic E-state index is -0.307. The van der Waals surface area contributed by atoms with Crippen molar-refractivity contribution in [1.29, 1.82) is 0 Å². The SMILES string of the molecule is C=C1CC[C@H]2C(C)(C)CCC[C@]2(C)[C@H]1CC/C(C)=C/C(=O)NOC1CCCCO1. The molecule has 0 radical (unpaired) electrons. The Morgan fingerprint density at radius 1 is 1.24 bits per heavy atom. The number of carbonyl (C=O) groups is 1. The summed E-state index contributed by atoms with van der Waals surface area (Å²) in [6.45, 7) is 14.7. The van der Waals surface area contributed by atoms with Gasteiger partial charge in [-0.05, 0) is 81.0 Å². The zero-order valence-corrected chi connectivity index (χ0v) is 19.0. The summed E-state index contributed by atoms with van der Waals surface area (Å²) in [5, 5.41) is 0. The summed E-state index contributed by atoms with van der Waals surface area (Å²) < 4.78 is 5.48. The minimum Gasteiger partial charge on any atom is -0.350 e. The maximum atomic E-state index is 12.2. The van der Waals surface area contributed by atoms with E-state index in [0.717, 1.165) is 50.0 Å². The maximum absolute atomic E-state index is 12.2. The lowest BCUT2D eigenvalue weighted by atomic mass is 9.47. The zero-order chi connectivity index (χ0) is 21.1.